The van der Waals surface area contributed by atoms with Crippen molar-refractivity contribution in [3.05, 3.63) is 106 Å². The molecular formula is C34H28Cl2. The van der Waals surface area contributed by atoms with Crippen molar-refractivity contribution in [1.29, 1.82) is 0 Å². The zero-order valence-corrected chi connectivity index (χ0v) is 21.7. The van der Waals surface area contributed by atoms with Crippen LogP contribution >= 0.6 is 23.2 Å². The first-order valence-electron chi connectivity index (χ1n) is 13.4. The van der Waals surface area contributed by atoms with Gasteiger partial charge in [0.1, 0.15) is 0 Å². The molecule has 5 aliphatic carbocycles. The summed E-state index contributed by atoms with van der Waals surface area (Å²) in [5.41, 5.74) is 11.1. The Labute approximate surface area is 223 Å². The second-order valence-electron chi connectivity index (χ2n) is 11.7. The van der Waals surface area contributed by atoms with Crippen molar-refractivity contribution in [2.75, 3.05) is 0 Å². The molecule has 0 aliphatic heterocycles. The molecule has 2 heteroatoms. The van der Waals surface area contributed by atoms with Crippen LogP contribution in [0.5, 0.6) is 0 Å². The van der Waals surface area contributed by atoms with E-state index < -0.39 is 0 Å². The summed E-state index contributed by atoms with van der Waals surface area (Å²) in [6.07, 6.45) is 7.04. The summed E-state index contributed by atoms with van der Waals surface area (Å²) in [6, 6.07) is 31.0. The van der Waals surface area contributed by atoms with Gasteiger partial charge in [-0.3, -0.25) is 0 Å². The maximum atomic E-state index is 6.49. The first-order valence-corrected chi connectivity index (χ1v) is 14.2. The lowest BCUT2D eigenvalue weighted by Crippen LogP contribution is -2.55. The molecule has 4 aromatic carbocycles. The van der Waals surface area contributed by atoms with Gasteiger partial charge in [-0.25, -0.2) is 0 Å². The van der Waals surface area contributed by atoms with Crippen molar-refractivity contribution in [3.8, 4) is 33.4 Å². The van der Waals surface area contributed by atoms with E-state index in [0.717, 1.165) is 33.7 Å². The molecule has 0 atom stereocenters. The summed E-state index contributed by atoms with van der Waals surface area (Å²) in [7, 11) is 0. The highest BCUT2D eigenvalue weighted by Gasteiger charge is 2.61. The Morgan fingerprint density at radius 3 is 1.83 bits per heavy atom. The Bertz CT molecular complexity index is 1500. The molecule has 0 heterocycles. The summed E-state index contributed by atoms with van der Waals surface area (Å²) in [6.45, 7) is 0. The highest BCUT2D eigenvalue weighted by Crippen LogP contribution is 2.70. The smallest absolute Gasteiger partial charge is 0.0412 e. The largest absolute Gasteiger partial charge is 0.0843 e. The number of benzene rings is 4. The highest BCUT2D eigenvalue weighted by atomic mass is 35.5. The van der Waals surface area contributed by atoms with Crippen LogP contribution in [0.1, 0.15) is 43.2 Å². The second kappa shape index (κ2) is 7.73. The van der Waals surface area contributed by atoms with Crippen LogP contribution < -0.4 is 0 Å². The molecule has 1 spiro atoms. The molecular weight excluding hydrogens is 479 g/mol. The molecule has 0 saturated heterocycles. The minimum Gasteiger partial charge on any atom is -0.0843 e. The van der Waals surface area contributed by atoms with Crippen LogP contribution in [0.3, 0.4) is 0 Å². The first kappa shape index (κ1) is 21.5. The minimum absolute atomic E-state index is 0.152. The van der Waals surface area contributed by atoms with Gasteiger partial charge in [0.25, 0.3) is 0 Å². The third kappa shape index (κ3) is 2.89. The molecule has 9 rings (SSSR count). The lowest BCUT2D eigenvalue weighted by Gasteiger charge is -2.61. The molecule has 0 nitrogen and oxygen atoms in total. The van der Waals surface area contributed by atoms with E-state index in [1.165, 1.54) is 65.5 Å². The molecule has 4 bridgehead atoms. The molecule has 0 N–H and O–H groups in total. The van der Waals surface area contributed by atoms with E-state index in [9.17, 15) is 0 Å². The number of halogens is 2. The van der Waals surface area contributed by atoms with Gasteiger partial charge in [0.15, 0.2) is 0 Å². The topological polar surface area (TPSA) is 0 Å². The molecule has 0 unspecified atom stereocenters. The quantitative estimate of drug-likeness (QED) is 0.253. The second-order valence-corrected chi connectivity index (χ2v) is 12.6. The van der Waals surface area contributed by atoms with Crippen LogP contribution in [0.25, 0.3) is 33.4 Å². The number of fused-ring (bicyclic) bond motifs is 3. The van der Waals surface area contributed by atoms with Gasteiger partial charge in [0.2, 0.25) is 0 Å². The van der Waals surface area contributed by atoms with Crippen molar-refractivity contribution in [3.63, 3.8) is 0 Å². The van der Waals surface area contributed by atoms with E-state index in [1.54, 1.807) is 11.1 Å². The molecule has 178 valence electrons. The van der Waals surface area contributed by atoms with Gasteiger partial charge in [-0.1, -0.05) is 77.8 Å². The summed E-state index contributed by atoms with van der Waals surface area (Å²) < 4.78 is 0. The summed E-state index contributed by atoms with van der Waals surface area (Å²) in [4.78, 5) is 0. The SMILES string of the molecule is Clc1cccc(-c2ccc3c(c2)-c2c(-c4cccc(Cl)c4)cccc2C32C3CC4CC(C3)CC2C4)c1. The van der Waals surface area contributed by atoms with Crippen LogP contribution in [0.15, 0.2) is 84.9 Å². The van der Waals surface area contributed by atoms with Crippen LogP contribution in [-0.2, 0) is 5.41 Å². The van der Waals surface area contributed by atoms with E-state index in [4.69, 9.17) is 23.2 Å². The van der Waals surface area contributed by atoms with Gasteiger partial charge in [0.05, 0.1) is 0 Å². The average Bonchev–Trinajstić information content (AvgIpc) is 3.17. The zero-order chi connectivity index (χ0) is 24.0. The van der Waals surface area contributed by atoms with Crippen LogP contribution in [0.4, 0.5) is 0 Å². The fraction of sp³-hybridized carbons (Fsp3) is 0.294. The normalized spacial score (nSPS) is 28.9. The van der Waals surface area contributed by atoms with Gasteiger partial charge in [-0.15, -0.1) is 0 Å². The van der Waals surface area contributed by atoms with Crippen molar-refractivity contribution >= 4 is 23.2 Å². The molecule has 4 fully saturated rings. The van der Waals surface area contributed by atoms with Gasteiger partial charge in [-0.05, 0) is 131 Å². The van der Waals surface area contributed by atoms with Crippen LogP contribution in [0.2, 0.25) is 10.0 Å². The predicted octanol–water partition coefficient (Wildman–Crippen LogP) is 10.0. The third-order valence-corrected chi connectivity index (χ3v) is 10.4. The molecule has 0 amide bonds. The van der Waals surface area contributed by atoms with Crippen molar-refractivity contribution in [1.82, 2.24) is 0 Å². The fourth-order valence-corrected chi connectivity index (χ4v) is 9.38. The lowest BCUT2D eigenvalue weighted by atomic mass is 9.43. The maximum absolute atomic E-state index is 6.49. The van der Waals surface area contributed by atoms with Crippen molar-refractivity contribution in [2.45, 2.75) is 37.5 Å². The molecule has 4 saturated carbocycles. The average molecular weight is 508 g/mol. The van der Waals surface area contributed by atoms with Crippen molar-refractivity contribution < 1.29 is 0 Å². The van der Waals surface area contributed by atoms with E-state index in [0.29, 0.717) is 0 Å². The summed E-state index contributed by atoms with van der Waals surface area (Å²) in [5.74, 6) is 3.38. The van der Waals surface area contributed by atoms with Gasteiger partial charge < -0.3 is 0 Å². The Kier molecular flexibility index (Phi) is 4.63. The Balaban J connectivity index is 1.42. The Hall–Kier alpha value is -2.54. The van der Waals surface area contributed by atoms with Gasteiger partial charge in [0, 0.05) is 15.5 Å². The van der Waals surface area contributed by atoms with Crippen LogP contribution in [-0.4, -0.2) is 0 Å². The van der Waals surface area contributed by atoms with Crippen LogP contribution in [0, 0.1) is 23.7 Å². The van der Waals surface area contributed by atoms with E-state index >= 15 is 0 Å². The first-order chi connectivity index (χ1) is 17.6. The highest BCUT2D eigenvalue weighted by molar-refractivity contribution is 6.31. The molecule has 0 aromatic heterocycles. The van der Waals surface area contributed by atoms with E-state index in [-0.39, 0.29) is 5.41 Å². The van der Waals surface area contributed by atoms with E-state index in [1.807, 2.05) is 12.1 Å². The number of hydrogen-bond acceptors (Lipinski definition) is 0. The molecule has 0 radical (unpaired) electrons. The monoisotopic (exact) mass is 506 g/mol. The number of hydrogen-bond donors (Lipinski definition) is 0. The Morgan fingerprint density at radius 2 is 1.14 bits per heavy atom. The standard InChI is InChI=1S/C34H28Cl2/c35-27-6-1-4-22(17-27)23-10-11-31-30(19-23)33-29(24-5-2-7-28(36)18-24)8-3-9-32(33)34(31)25-13-20-12-21(15-25)16-26(34)14-20/h1-11,17-21,25-26H,12-16H2. The summed E-state index contributed by atoms with van der Waals surface area (Å²) in [5, 5.41) is 1.57. The third-order valence-electron chi connectivity index (χ3n) is 9.96. The van der Waals surface area contributed by atoms with Gasteiger partial charge in [-0.2, -0.15) is 0 Å². The number of rotatable bonds is 2. The molecule has 5 aliphatic rings. The lowest BCUT2D eigenvalue weighted by molar-refractivity contribution is -0.0399. The Morgan fingerprint density at radius 1 is 0.528 bits per heavy atom. The molecule has 4 aromatic rings. The van der Waals surface area contributed by atoms with Gasteiger partial charge >= 0.3 is 0 Å². The minimum atomic E-state index is 0.152. The zero-order valence-electron chi connectivity index (χ0n) is 20.2. The fourth-order valence-electron chi connectivity index (χ4n) is 9.00. The molecule has 36 heavy (non-hydrogen) atoms. The van der Waals surface area contributed by atoms with E-state index in [2.05, 4.69) is 72.8 Å². The van der Waals surface area contributed by atoms with Crippen molar-refractivity contribution in [2.24, 2.45) is 23.7 Å². The summed E-state index contributed by atoms with van der Waals surface area (Å²) >= 11 is 12.9. The maximum Gasteiger partial charge on any atom is 0.0412 e. The predicted molar refractivity (Wildman–Crippen MR) is 151 cm³/mol.